The minimum atomic E-state index is -0.171. The van der Waals surface area contributed by atoms with Crippen LogP contribution in [0.15, 0.2) is 24.3 Å². The summed E-state index contributed by atoms with van der Waals surface area (Å²) in [6.45, 7) is 1.82. The third-order valence-corrected chi connectivity index (χ3v) is 3.81. The first-order valence-corrected chi connectivity index (χ1v) is 7.49. The molecule has 1 aliphatic heterocycles. The summed E-state index contributed by atoms with van der Waals surface area (Å²) in [7, 11) is 3.05. The van der Waals surface area contributed by atoms with Gasteiger partial charge in [0.1, 0.15) is 5.75 Å². The molecule has 1 aromatic rings. The number of ether oxygens (including phenoxy) is 1. The average molecular weight is 292 g/mol. The Kier molecular flexibility index (Phi) is 6.02. The lowest BCUT2D eigenvalue weighted by atomic mass is 10.0. The van der Waals surface area contributed by atoms with Crippen LogP contribution in [0.25, 0.3) is 0 Å². The van der Waals surface area contributed by atoms with Gasteiger partial charge in [0.15, 0.2) is 0 Å². The number of carbonyl (C=O) groups is 1. The van der Waals surface area contributed by atoms with Crippen LogP contribution in [-0.2, 0) is 4.84 Å². The maximum Gasteiger partial charge on any atom is 0.277 e. The summed E-state index contributed by atoms with van der Waals surface area (Å²) in [6.07, 6.45) is 4.84. The molecule has 1 amide bonds. The first kappa shape index (κ1) is 15.8. The molecule has 1 aliphatic rings. The molecule has 1 heterocycles. The average Bonchev–Trinajstić information content (AvgIpc) is 2.55. The van der Waals surface area contributed by atoms with Crippen molar-refractivity contribution >= 4 is 5.91 Å². The van der Waals surface area contributed by atoms with Gasteiger partial charge in [-0.2, -0.15) is 0 Å². The number of piperidine rings is 1. The quantitative estimate of drug-likeness (QED) is 0.817. The van der Waals surface area contributed by atoms with Crippen molar-refractivity contribution in [1.29, 1.82) is 0 Å². The molecule has 1 saturated heterocycles. The predicted octanol–water partition coefficient (Wildman–Crippen LogP) is 2.23. The molecule has 5 nitrogen and oxygen atoms in total. The number of rotatable bonds is 6. The Morgan fingerprint density at radius 1 is 1.33 bits per heavy atom. The Hall–Kier alpha value is -1.59. The van der Waals surface area contributed by atoms with E-state index in [1.807, 2.05) is 12.1 Å². The number of hydroxylamine groups is 2. The Labute approximate surface area is 126 Å². The molecule has 1 aromatic carbocycles. The molecule has 1 unspecified atom stereocenters. The van der Waals surface area contributed by atoms with Gasteiger partial charge in [0, 0.05) is 18.7 Å². The van der Waals surface area contributed by atoms with E-state index >= 15 is 0 Å². The highest BCUT2D eigenvalue weighted by Crippen LogP contribution is 2.15. The molecule has 21 heavy (non-hydrogen) atoms. The van der Waals surface area contributed by atoms with Gasteiger partial charge in [-0.15, -0.1) is 0 Å². The molecule has 1 atom stereocenters. The van der Waals surface area contributed by atoms with Gasteiger partial charge >= 0.3 is 0 Å². The van der Waals surface area contributed by atoms with Gasteiger partial charge in [-0.25, -0.2) is 5.06 Å². The zero-order valence-electron chi connectivity index (χ0n) is 12.8. The molecule has 5 heteroatoms. The van der Waals surface area contributed by atoms with Gasteiger partial charge in [-0.05, 0) is 50.1 Å². The smallest absolute Gasteiger partial charge is 0.277 e. The van der Waals surface area contributed by atoms with E-state index in [9.17, 15) is 4.79 Å². The Morgan fingerprint density at radius 3 is 2.71 bits per heavy atom. The number of amides is 1. The summed E-state index contributed by atoms with van der Waals surface area (Å²) in [5.74, 6) is 0.623. The van der Waals surface area contributed by atoms with Crippen LogP contribution in [0.3, 0.4) is 0 Å². The summed E-state index contributed by atoms with van der Waals surface area (Å²) >= 11 is 0. The van der Waals surface area contributed by atoms with E-state index in [-0.39, 0.29) is 5.91 Å². The number of nitrogens with zero attached hydrogens (tertiary/aromatic N) is 1. The van der Waals surface area contributed by atoms with E-state index in [1.54, 1.807) is 19.2 Å². The van der Waals surface area contributed by atoms with Crippen molar-refractivity contribution in [2.75, 3.05) is 27.3 Å². The highest BCUT2D eigenvalue weighted by atomic mass is 16.7. The molecule has 2 rings (SSSR count). The van der Waals surface area contributed by atoms with Gasteiger partial charge in [-0.1, -0.05) is 6.42 Å². The van der Waals surface area contributed by atoms with Gasteiger partial charge in [0.25, 0.3) is 5.91 Å². The monoisotopic (exact) mass is 292 g/mol. The van der Waals surface area contributed by atoms with Gasteiger partial charge in [-0.3, -0.25) is 9.63 Å². The second-order valence-corrected chi connectivity index (χ2v) is 5.29. The normalized spacial score (nSPS) is 18.3. The van der Waals surface area contributed by atoms with Gasteiger partial charge in [0.2, 0.25) is 0 Å². The summed E-state index contributed by atoms with van der Waals surface area (Å²) in [6, 6.07) is 7.74. The fraction of sp³-hybridized carbons (Fsp3) is 0.562. The third-order valence-electron chi connectivity index (χ3n) is 3.81. The second-order valence-electron chi connectivity index (χ2n) is 5.29. The van der Waals surface area contributed by atoms with Crippen molar-refractivity contribution in [1.82, 2.24) is 10.4 Å². The fourth-order valence-corrected chi connectivity index (χ4v) is 2.45. The molecule has 0 aromatic heterocycles. The largest absolute Gasteiger partial charge is 0.494 e. The van der Waals surface area contributed by atoms with Crippen LogP contribution in [0.2, 0.25) is 0 Å². The standard InChI is InChI=1S/C16H24N2O3/c1-18(20-2)16(19)13-6-8-15(9-7-13)21-12-10-14-5-3-4-11-17-14/h6-9,14,17H,3-5,10-12H2,1-2H3. The van der Waals surface area contributed by atoms with Crippen LogP contribution >= 0.6 is 0 Å². The number of nitrogens with one attached hydrogen (secondary N) is 1. The molecule has 0 radical (unpaired) electrons. The molecule has 0 aliphatic carbocycles. The second kappa shape index (κ2) is 8.00. The number of hydrogen-bond acceptors (Lipinski definition) is 4. The van der Waals surface area contributed by atoms with Crippen molar-refractivity contribution in [3.63, 3.8) is 0 Å². The van der Waals surface area contributed by atoms with Crippen molar-refractivity contribution in [2.24, 2.45) is 0 Å². The number of carbonyl (C=O) groups excluding carboxylic acids is 1. The van der Waals surface area contributed by atoms with Crippen LogP contribution < -0.4 is 10.1 Å². The summed E-state index contributed by atoms with van der Waals surface area (Å²) in [5, 5.41) is 4.70. The van der Waals surface area contributed by atoms with E-state index in [0.717, 1.165) is 18.7 Å². The van der Waals surface area contributed by atoms with Crippen LogP contribution in [0, 0.1) is 0 Å². The Bertz CT molecular complexity index is 441. The van der Waals surface area contributed by atoms with Crippen molar-refractivity contribution < 1.29 is 14.4 Å². The Balaban J connectivity index is 1.78. The van der Waals surface area contributed by atoms with Crippen LogP contribution in [-0.4, -0.2) is 44.3 Å². The molecule has 0 saturated carbocycles. The summed E-state index contributed by atoms with van der Waals surface area (Å²) in [4.78, 5) is 16.7. The van der Waals surface area contributed by atoms with E-state index in [1.165, 1.54) is 31.4 Å². The molecule has 116 valence electrons. The highest BCUT2D eigenvalue weighted by molar-refractivity contribution is 5.93. The van der Waals surface area contributed by atoms with Crippen molar-refractivity contribution in [2.45, 2.75) is 31.7 Å². The maximum atomic E-state index is 11.9. The SMILES string of the molecule is CON(C)C(=O)c1ccc(OCCC2CCCCN2)cc1. The first-order valence-electron chi connectivity index (χ1n) is 7.49. The zero-order chi connectivity index (χ0) is 15.1. The molecular formula is C16H24N2O3. The topological polar surface area (TPSA) is 50.8 Å². The van der Waals surface area contributed by atoms with Crippen LogP contribution in [0.4, 0.5) is 0 Å². The lowest BCUT2D eigenvalue weighted by molar-refractivity contribution is -0.0757. The molecule has 0 spiro atoms. The Morgan fingerprint density at radius 2 is 2.10 bits per heavy atom. The van der Waals surface area contributed by atoms with Gasteiger partial charge in [0.05, 0.1) is 13.7 Å². The minimum absolute atomic E-state index is 0.171. The lowest BCUT2D eigenvalue weighted by Crippen LogP contribution is -2.35. The number of hydrogen-bond donors (Lipinski definition) is 1. The fourth-order valence-electron chi connectivity index (χ4n) is 2.45. The van der Waals surface area contributed by atoms with Crippen molar-refractivity contribution in [3.05, 3.63) is 29.8 Å². The molecule has 0 bridgehead atoms. The van der Waals surface area contributed by atoms with E-state index in [0.29, 0.717) is 18.2 Å². The first-order chi connectivity index (χ1) is 10.2. The maximum absolute atomic E-state index is 11.9. The molecule has 1 fully saturated rings. The van der Waals surface area contributed by atoms with Crippen LogP contribution in [0.1, 0.15) is 36.0 Å². The molecular weight excluding hydrogens is 268 g/mol. The van der Waals surface area contributed by atoms with Crippen molar-refractivity contribution in [3.8, 4) is 5.75 Å². The summed E-state index contributed by atoms with van der Waals surface area (Å²) < 4.78 is 5.73. The van der Waals surface area contributed by atoms with E-state index < -0.39 is 0 Å². The third kappa shape index (κ3) is 4.72. The van der Waals surface area contributed by atoms with E-state index in [4.69, 9.17) is 9.57 Å². The van der Waals surface area contributed by atoms with E-state index in [2.05, 4.69) is 5.32 Å². The minimum Gasteiger partial charge on any atom is -0.494 e. The summed E-state index contributed by atoms with van der Waals surface area (Å²) in [5.41, 5.74) is 0.584. The number of benzene rings is 1. The van der Waals surface area contributed by atoms with Gasteiger partial charge < -0.3 is 10.1 Å². The zero-order valence-corrected chi connectivity index (χ0v) is 12.8. The van der Waals surface area contributed by atoms with Crippen LogP contribution in [0.5, 0.6) is 5.75 Å². The predicted molar refractivity (Wildman–Crippen MR) is 81.3 cm³/mol. The highest BCUT2D eigenvalue weighted by Gasteiger charge is 2.13. The molecule has 1 N–H and O–H groups in total. The lowest BCUT2D eigenvalue weighted by Gasteiger charge is -2.23.